The number of benzene rings is 2. The van der Waals surface area contributed by atoms with Crippen LogP contribution in [0.2, 0.25) is 0 Å². The molecular formula is C27H29N5O2S. The highest BCUT2D eigenvalue weighted by molar-refractivity contribution is 7.10. The second-order valence-electron chi connectivity index (χ2n) is 8.93. The molecule has 0 saturated heterocycles. The second kappa shape index (κ2) is 10.4. The number of nitrogens with one attached hydrogen (secondary N) is 1. The van der Waals surface area contributed by atoms with Crippen LogP contribution < -0.4 is 10.2 Å². The molecule has 4 aromatic rings. The Balaban J connectivity index is 1.53. The van der Waals surface area contributed by atoms with Gasteiger partial charge in [-0.2, -0.15) is 0 Å². The summed E-state index contributed by atoms with van der Waals surface area (Å²) in [4.78, 5) is 30.1. The lowest BCUT2D eigenvalue weighted by Gasteiger charge is -2.31. The summed E-state index contributed by atoms with van der Waals surface area (Å²) in [7, 11) is 0. The maximum absolute atomic E-state index is 13.9. The first-order chi connectivity index (χ1) is 17.1. The van der Waals surface area contributed by atoms with Crippen molar-refractivity contribution in [1.82, 2.24) is 20.3 Å². The van der Waals surface area contributed by atoms with E-state index in [4.69, 9.17) is 0 Å². The van der Waals surface area contributed by atoms with E-state index in [-0.39, 0.29) is 24.4 Å². The van der Waals surface area contributed by atoms with Crippen LogP contribution in [0.4, 0.5) is 5.69 Å². The van der Waals surface area contributed by atoms with Crippen molar-refractivity contribution < 1.29 is 9.59 Å². The van der Waals surface area contributed by atoms with Crippen molar-refractivity contribution in [3.8, 4) is 0 Å². The monoisotopic (exact) mass is 487 g/mol. The van der Waals surface area contributed by atoms with Crippen LogP contribution in [0.15, 0.2) is 66.0 Å². The van der Waals surface area contributed by atoms with Crippen LogP contribution in [-0.4, -0.2) is 32.9 Å². The molecule has 5 rings (SSSR count). The molecule has 1 aliphatic carbocycles. The summed E-state index contributed by atoms with van der Waals surface area (Å²) in [6, 6.07) is 18.7. The Bertz CT molecular complexity index is 1290. The normalized spacial score (nSPS) is 14.8. The molecule has 1 aliphatic rings. The lowest BCUT2D eigenvalue weighted by atomic mass is 10.1. The number of carbonyl (C=O) groups excluding carboxylic acids is 2. The topological polar surface area (TPSA) is 80.1 Å². The molecule has 2 aromatic carbocycles. The number of para-hydroxylation sites is 1. The van der Waals surface area contributed by atoms with Crippen LogP contribution >= 0.6 is 11.3 Å². The molecule has 1 saturated carbocycles. The van der Waals surface area contributed by atoms with E-state index >= 15 is 0 Å². The fourth-order valence-electron chi connectivity index (χ4n) is 4.74. The van der Waals surface area contributed by atoms with Crippen molar-refractivity contribution >= 4 is 39.9 Å². The lowest BCUT2D eigenvalue weighted by molar-refractivity contribution is -0.127. The van der Waals surface area contributed by atoms with Crippen LogP contribution in [0.25, 0.3) is 11.0 Å². The molecule has 1 N–H and O–H groups in total. The lowest BCUT2D eigenvalue weighted by Crippen LogP contribution is -2.47. The third-order valence-corrected chi connectivity index (χ3v) is 7.54. The molecule has 1 unspecified atom stereocenters. The smallest absolute Gasteiger partial charge is 0.249 e. The zero-order valence-corrected chi connectivity index (χ0v) is 20.6. The van der Waals surface area contributed by atoms with Gasteiger partial charge < -0.3 is 5.32 Å². The van der Waals surface area contributed by atoms with E-state index in [9.17, 15) is 9.59 Å². The van der Waals surface area contributed by atoms with Gasteiger partial charge in [0.25, 0.3) is 0 Å². The highest BCUT2D eigenvalue weighted by atomic mass is 32.1. The first-order valence-corrected chi connectivity index (χ1v) is 13.0. The summed E-state index contributed by atoms with van der Waals surface area (Å²) in [6.45, 7) is 2.08. The van der Waals surface area contributed by atoms with Crippen LogP contribution in [-0.2, 0) is 22.6 Å². The maximum atomic E-state index is 13.9. The Morgan fingerprint density at radius 2 is 1.86 bits per heavy atom. The van der Waals surface area contributed by atoms with Crippen molar-refractivity contribution in [3.05, 3.63) is 76.5 Å². The van der Waals surface area contributed by atoms with Gasteiger partial charge >= 0.3 is 0 Å². The van der Waals surface area contributed by atoms with E-state index in [0.717, 1.165) is 48.0 Å². The van der Waals surface area contributed by atoms with Gasteiger partial charge in [-0.25, -0.2) is 4.68 Å². The molecule has 0 bridgehead atoms. The predicted molar refractivity (Wildman–Crippen MR) is 138 cm³/mol. The number of aromatic nitrogens is 3. The Morgan fingerprint density at radius 3 is 2.57 bits per heavy atom. The number of hydrogen-bond acceptors (Lipinski definition) is 5. The van der Waals surface area contributed by atoms with E-state index in [2.05, 4.69) is 22.6 Å². The number of aryl methyl sites for hydroxylation is 1. The number of anilines is 1. The summed E-state index contributed by atoms with van der Waals surface area (Å²) in [6.07, 6.45) is 5.10. The first kappa shape index (κ1) is 23.2. The Kier molecular flexibility index (Phi) is 6.90. The molecule has 0 radical (unpaired) electrons. The van der Waals surface area contributed by atoms with Gasteiger partial charge in [0.1, 0.15) is 18.1 Å². The van der Waals surface area contributed by atoms with E-state index in [0.29, 0.717) is 5.69 Å². The third-order valence-electron chi connectivity index (χ3n) is 6.62. The minimum atomic E-state index is -0.759. The number of hydrogen-bond donors (Lipinski definition) is 1. The van der Waals surface area contributed by atoms with Gasteiger partial charge in [-0.15, -0.1) is 16.4 Å². The minimum absolute atomic E-state index is 0.0192. The molecule has 2 amide bonds. The number of carbonyl (C=O) groups is 2. The second-order valence-corrected chi connectivity index (χ2v) is 9.91. The molecule has 7 nitrogen and oxygen atoms in total. The number of nitrogens with zero attached hydrogens (tertiary/aromatic N) is 4. The molecule has 0 spiro atoms. The average molecular weight is 488 g/mol. The van der Waals surface area contributed by atoms with E-state index in [1.54, 1.807) is 9.58 Å². The SMILES string of the molecule is CCc1ccc(N(C(=O)Cn2nnc3ccccc32)C(C(=O)NC2CCCC2)c2cccs2)cc1. The van der Waals surface area contributed by atoms with Gasteiger partial charge in [-0.05, 0) is 60.5 Å². The van der Waals surface area contributed by atoms with Crippen molar-refractivity contribution in [2.45, 2.75) is 57.7 Å². The van der Waals surface area contributed by atoms with E-state index in [1.165, 1.54) is 16.9 Å². The molecule has 0 aliphatic heterocycles. The fraction of sp³-hybridized carbons (Fsp3) is 0.333. The first-order valence-electron chi connectivity index (χ1n) is 12.2. The van der Waals surface area contributed by atoms with Gasteiger partial charge in [-0.3, -0.25) is 14.5 Å². The average Bonchev–Trinajstić information content (AvgIpc) is 3.66. The number of amides is 2. The van der Waals surface area contributed by atoms with Crippen molar-refractivity contribution in [3.63, 3.8) is 0 Å². The van der Waals surface area contributed by atoms with Gasteiger partial charge in [-0.1, -0.05) is 55.3 Å². The quantitative estimate of drug-likeness (QED) is 0.384. The molecule has 2 aromatic heterocycles. The molecule has 1 atom stereocenters. The molecule has 180 valence electrons. The van der Waals surface area contributed by atoms with E-state index in [1.807, 2.05) is 66.0 Å². The molecule has 35 heavy (non-hydrogen) atoms. The third kappa shape index (κ3) is 4.98. The highest BCUT2D eigenvalue weighted by Crippen LogP contribution is 2.32. The summed E-state index contributed by atoms with van der Waals surface area (Å²) < 4.78 is 1.60. The molecule has 1 fully saturated rings. The van der Waals surface area contributed by atoms with Gasteiger partial charge in [0, 0.05) is 16.6 Å². The van der Waals surface area contributed by atoms with Crippen molar-refractivity contribution in [2.75, 3.05) is 4.90 Å². The standard InChI is InChI=1S/C27H29N5O2S/c1-2-19-13-15-21(16-14-19)32(25(33)18-31-23-11-6-5-10-22(23)29-30-31)26(24-12-7-17-35-24)27(34)28-20-8-3-4-9-20/h5-7,10-17,20,26H,2-4,8-9,18H2,1H3,(H,28,34). The number of fused-ring (bicyclic) bond motifs is 1. The fourth-order valence-corrected chi connectivity index (χ4v) is 5.55. The van der Waals surface area contributed by atoms with Gasteiger partial charge in [0.05, 0.1) is 5.52 Å². The van der Waals surface area contributed by atoms with Gasteiger partial charge in [0.15, 0.2) is 0 Å². The van der Waals surface area contributed by atoms with E-state index < -0.39 is 6.04 Å². The Hall–Kier alpha value is -3.52. The largest absolute Gasteiger partial charge is 0.351 e. The molecular weight excluding hydrogens is 458 g/mol. The van der Waals surface area contributed by atoms with Crippen LogP contribution in [0.5, 0.6) is 0 Å². The number of thiophene rings is 1. The van der Waals surface area contributed by atoms with Crippen LogP contribution in [0.3, 0.4) is 0 Å². The minimum Gasteiger partial charge on any atom is -0.351 e. The summed E-state index contributed by atoms with van der Waals surface area (Å²) in [5.74, 6) is -0.361. The molecule has 8 heteroatoms. The zero-order valence-electron chi connectivity index (χ0n) is 19.8. The van der Waals surface area contributed by atoms with Crippen LogP contribution in [0, 0.1) is 0 Å². The summed E-state index contributed by atoms with van der Waals surface area (Å²) in [5.41, 5.74) is 3.38. The van der Waals surface area contributed by atoms with Crippen LogP contribution in [0.1, 0.15) is 49.1 Å². The molecule has 2 heterocycles. The Labute approximate surface area is 208 Å². The summed E-state index contributed by atoms with van der Waals surface area (Å²) >= 11 is 1.49. The highest BCUT2D eigenvalue weighted by Gasteiger charge is 2.35. The summed E-state index contributed by atoms with van der Waals surface area (Å²) in [5, 5.41) is 13.6. The Morgan fingerprint density at radius 1 is 1.09 bits per heavy atom. The predicted octanol–water partition coefficient (Wildman–Crippen LogP) is 4.89. The maximum Gasteiger partial charge on any atom is 0.249 e. The van der Waals surface area contributed by atoms with Crippen molar-refractivity contribution in [1.29, 1.82) is 0 Å². The van der Waals surface area contributed by atoms with Gasteiger partial charge in [0.2, 0.25) is 11.8 Å². The number of rotatable bonds is 8. The van der Waals surface area contributed by atoms with Crippen molar-refractivity contribution in [2.24, 2.45) is 0 Å². The zero-order chi connectivity index (χ0) is 24.2.